The summed E-state index contributed by atoms with van der Waals surface area (Å²) in [6.45, 7) is 5.55. The van der Waals surface area contributed by atoms with Crippen LogP contribution in [0.4, 0.5) is 0 Å². The molecular formula is C8H14NS+. The zero-order valence-corrected chi connectivity index (χ0v) is 7.45. The van der Waals surface area contributed by atoms with E-state index in [1.54, 1.807) is 0 Å². The Morgan fingerprint density at radius 1 is 1.60 bits per heavy atom. The van der Waals surface area contributed by atoms with Crippen LogP contribution < -0.4 is 4.57 Å². The van der Waals surface area contributed by atoms with E-state index in [4.69, 9.17) is 0 Å². The summed E-state index contributed by atoms with van der Waals surface area (Å²) in [5, 5.41) is 0. The molecule has 10 heavy (non-hydrogen) atoms. The summed E-state index contributed by atoms with van der Waals surface area (Å²) >= 11 is 1.82. The van der Waals surface area contributed by atoms with Crippen LogP contribution in [-0.4, -0.2) is 0 Å². The van der Waals surface area contributed by atoms with Gasteiger partial charge in [0.05, 0.1) is 4.88 Å². The number of hydrogen-bond donors (Lipinski definition) is 0. The highest BCUT2D eigenvalue weighted by Gasteiger charge is 2.00. The Bertz CT molecular complexity index is 193. The average Bonchev–Trinajstić information content (AvgIpc) is 2.31. The van der Waals surface area contributed by atoms with Crippen LogP contribution in [0.1, 0.15) is 24.6 Å². The molecule has 56 valence electrons. The molecule has 0 radical (unpaired) electrons. The van der Waals surface area contributed by atoms with Gasteiger partial charge < -0.3 is 0 Å². The highest BCUT2D eigenvalue weighted by molar-refractivity contribution is 7.09. The molecule has 1 aromatic heterocycles. The van der Waals surface area contributed by atoms with Crippen molar-refractivity contribution in [1.82, 2.24) is 0 Å². The quantitative estimate of drug-likeness (QED) is 0.590. The number of unbranched alkanes of at least 4 members (excludes halogenated alkanes) is 1. The lowest BCUT2D eigenvalue weighted by atomic mass is 10.3. The fraction of sp³-hybridized carbons (Fsp3) is 0.625. The van der Waals surface area contributed by atoms with Crippen molar-refractivity contribution in [3.63, 3.8) is 0 Å². The Balaban J connectivity index is 2.42. The molecule has 0 amide bonds. The molecule has 1 heterocycles. The SMILES string of the molecule is CCCC[n+]1csc(C)c1. The van der Waals surface area contributed by atoms with Crippen molar-refractivity contribution in [2.75, 3.05) is 0 Å². The lowest BCUT2D eigenvalue weighted by Gasteiger charge is -1.86. The van der Waals surface area contributed by atoms with Crippen LogP contribution >= 0.6 is 11.3 Å². The van der Waals surface area contributed by atoms with Crippen molar-refractivity contribution < 1.29 is 4.57 Å². The van der Waals surface area contributed by atoms with Gasteiger partial charge in [0.1, 0.15) is 6.54 Å². The van der Waals surface area contributed by atoms with Crippen LogP contribution in [-0.2, 0) is 6.54 Å². The summed E-state index contributed by atoms with van der Waals surface area (Å²) in [5.41, 5.74) is 2.19. The highest BCUT2D eigenvalue weighted by atomic mass is 32.1. The zero-order chi connectivity index (χ0) is 7.40. The van der Waals surface area contributed by atoms with Crippen molar-refractivity contribution in [2.24, 2.45) is 0 Å². The number of aryl methyl sites for hydroxylation is 2. The second kappa shape index (κ2) is 3.71. The van der Waals surface area contributed by atoms with Gasteiger partial charge in [-0.2, -0.15) is 4.57 Å². The van der Waals surface area contributed by atoms with Crippen LogP contribution in [0.2, 0.25) is 0 Å². The minimum absolute atomic E-state index is 1.18. The first kappa shape index (κ1) is 7.73. The molecule has 0 aliphatic heterocycles. The van der Waals surface area contributed by atoms with Crippen molar-refractivity contribution in [2.45, 2.75) is 33.2 Å². The Morgan fingerprint density at radius 2 is 2.40 bits per heavy atom. The second-order valence-corrected chi connectivity index (χ2v) is 3.64. The summed E-state index contributed by atoms with van der Waals surface area (Å²) in [7, 11) is 0. The van der Waals surface area contributed by atoms with Gasteiger partial charge in [-0.3, -0.25) is 0 Å². The molecule has 0 saturated heterocycles. The van der Waals surface area contributed by atoms with E-state index in [0.717, 1.165) is 0 Å². The van der Waals surface area contributed by atoms with Crippen molar-refractivity contribution in [3.05, 3.63) is 16.6 Å². The Morgan fingerprint density at radius 3 is 2.90 bits per heavy atom. The number of nitrogens with zero attached hydrogens (tertiary/aromatic N) is 1. The summed E-state index contributed by atoms with van der Waals surface area (Å²) in [4.78, 5) is 1.40. The Hall–Kier alpha value is -0.370. The predicted molar refractivity (Wildman–Crippen MR) is 44.2 cm³/mol. The predicted octanol–water partition coefficient (Wildman–Crippen LogP) is 2.14. The third-order valence-electron chi connectivity index (χ3n) is 1.49. The van der Waals surface area contributed by atoms with Gasteiger partial charge in [-0.25, -0.2) is 0 Å². The van der Waals surface area contributed by atoms with Gasteiger partial charge in [0.15, 0.2) is 6.20 Å². The first-order valence-corrected chi connectivity index (χ1v) is 4.65. The van der Waals surface area contributed by atoms with Gasteiger partial charge in [0, 0.05) is 6.42 Å². The van der Waals surface area contributed by atoms with Gasteiger partial charge in [0.25, 0.3) is 0 Å². The monoisotopic (exact) mass is 156 g/mol. The van der Waals surface area contributed by atoms with E-state index in [2.05, 4.69) is 30.1 Å². The molecule has 0 N–H and O–H groups in total. The van der Waals surface area contributed by atoms with Gasteiger partial charge in [0.2, 0.25) is 5.51 Å². The molecule has 0 unspecified atom stereocenters. The van der Waals surface area contributed by atoms with E-state index in [1.807, 2.05) is 11.3 Å². The molecular weight excluding hydrogens is 142 g/mol. The number of rotatable bonds is 3. The first-order chi connectivity index (χ1) is 4.83. The second-order valence-electron chi connectivity index (χ2n) is 2.55. The van der Waals surface area contributed by atoms with Crippen LogP contribution in [0.15, 0.2) is 11.7 Å². The van der Waals surface area contributed by atoms with Gasteiger partial charge in [-0.05, 0) is 6.92 Å². The van der Waals surface area contributed by atoms with E-state index in [1.165, 1.54) is 24.3 Å². The fourth-order valence-corrected chi connectivity index (χ4v) is 1.57. The standard InChI is InChI=1S/C8H14NS/c1-3-4-5-9-6-8(2)10-7-9/h6-7H,3-5H2,1-2H3/q+1. The summed E-state index contributed by atoms with van der Waals surface area (Å²) < 4.78 is 2.27. The molecule has 0 saturated carbocycles. The molecule has 0 bridgehead atoms. The van der Waals surface area contributed by atoms with Gasteiger partial charge >= 0.3 is 0 Å². The molecule has 1 aromatic rings. The Kier molecular flexibility index (Phi) is 2.87. The van der Waals surface area contributed by atoms with Gasteiger partial charge in [-0.1, -0.05) is 24.7 Å². The van der Waals surface area contributed by atoms with Crippen molar-refractivity contribution in [3.8, 4) is 0 Å². The molecule has 1 nitrogen and oxygen atoms in total. The van der Waals surface area contributed by atoms with Crippen LogP contribution in [0, 0.1) is 6.92 Å². The minimum Gasteiger partial charge on any atom is -0.195 e. The number of hydrogen-bond acceptors (Lipinski definition) is 1. The van der Waals surface area contributed by atoms with E-state index >= 15 is 0 Å². The molecule has 0 aliphatic carbocycles. The Labute approximate surface area is 66.3 Å². The van der Waals surface area contributed by atoms with Crippen LogP contribution in [0.5, 0.6) is 0 Å². The van der Waals surface area contributed by atoms with E-state index in [9.17, 15) is 0 Å². The summed E-state index contributed by atoms with van der Waals surface area (Å²) in [6.07, 6.45) is 4.78. The number of thiazole rings is 1. The molecule has 0 fully saturated rings. The minimum atomic E-state index is 1.18. The molecule has 0 atom stereocenters. The van der Waals surface area contributed by atoms with Gasteiger partial charge in [-0.15, -0.1) is 0 Å². The topological polar surface area (TPSA) is 3.88 Å². The summed E-state index contributed by atoms with van der Waals surface area (Å²) in [5.74, 6) is 0. The van der Waals surface area contributed by atoms with E-state index in [0.29, 0.717) is 0 Å². The van der Waals surface area contributed by atoms with Crippen LogP contribution in [0.25, 0.3) is 0 Å². The van der Waals surface area contributed by atoms with Crippen molar-refractivity contribution in [1.29, 1.82) is 0 Å². The maximum absolute atomic E-state index is 2.27. The molecule has 0 spiro atoms. The zero-order valence-electron chi connectivity index (χ0n) is 6.63. The molecule has 0 aliphatic rings. The third kappa shape index (κ3) is 2.10. The summed E-state index contributed by atoms with van der Waals surface area (Å²) in [6, 6.07) is 0. The lowest BCUT2D eigenvalue weighted by molar-refractivity contribution is -0.692. The largest absolute Gasteiger partial charge is 0.224 e. The number of aromatic nitrogens is 1. The first-order valence-electron chi connectivity index (χ1n) is 3.77. The molecule has 2 heteroatoms. The maximum Gasteiger partial charge on any atom is 0.224 e. The third-order valence-corrected chi connectivity index (χ3v) is 2.34. The lowest BCUT2D eigenvalue weighted by Crippen LogP contribution is -2.29. The average molecular weight is 156 g/mol. The maximum atomic E-state index is 2.27. The normalized spacial score (nSPS) is 10.2. The molecule has 1 rings (SSSR count). The van der Waals surface area contributed by atoms with E-state index < -0.39 is 0 Å². The van der Waals surface area contributed by atoms with E-state index in [-0.39, 0.29) is 0 Å². The van der Waals surface area contributed by atoms with Crippen molar-refractivity contribution >= 4 is 11.3 Å². The fourth-order valence-electron chi connectivity index (χ4n) is 0.903. The van der Waals surface area contributed by atoms with Crippen LogP contribution in [0.3, 0.4) is 0 Å². The molecule has 0 aromatic carbocycles. The smallest absolute Gasteiger partial charge is 0.195 e. The highest BCUT2D eigenvalue weighted by Crippen LogP contribution is 2.00.